The number of allylic oxidation sites excluding steroid dienone is 1. The molecule has 0 aliphatic carbocycles. The summed E-state index contributed by atoms with van der Waals surface area (Å²) in [6.45, 7) is 2.79. The number of benzene rings is 1. The van der Waals surface area contributed by atoms with Gasteiger partial charge in [-0.25, -0.2) is 0 Å². The van der Waals surface area contributed by atoms with E-state index in [0.717, 1.165) is 6.21 Å². The highest BCUT2D eigenvalue weighted by Gasteiger charge is 2.63. The van der Waals surface area contributed by atoms with Crippen LogP contribution in [0.4, 0.5) is 0 Å². The minimum Gasteiger partial charge on any atom is -0.487 e. The molecule has 3 heterocycles. The number of carbonyl (C=O) groups excluding carboxylic acids is 2. The molecule has 1 aromatic heterocycles. The number of amides is 2. The Hall–Kier alpha value is -3.42. The summed E-state index contributed by atoms with van der Waals surface area (Å²) >= 11 is 0. The zero-order chi connectivity index (χ0) is 19.9. The number of carbonyl (C=O) groups is 2. The summed E-state index contributed by atoms with van der Waals surface area (Å²) in [4.78, 5) is 26.8. The van der Waals surface area contributed by atoms with E-state index in [1.54, 1.807) is 30.0 Å². The smallest absolute Gasteiger partial charge is 0.259 e. The molecule has 2 aromatic rings. The van der Waals surface area contributed by atoms with Crippen LogP contribution in [0, 0.1) is 17.7 Å². The monoisotopic (exact) mass is 380 g/mol. The van der Waals surface area contributed by atoms with Gasteiger partial charge >= 0.3 is 0 Å². The molecular weight excluding hydrogens is 360 g/mol. The maximum atomic E-state index is 13.1. The number of furan rings is 1. The molecule has 1 atom stereocenters. The van der Waals surface area contributed by atoms with Crippen LogP contribution in [0.5, 0.6) is 5.75 Å². The Labute approximate surface area is 161 Å². The van der Waals surface area contributed by atoms with Crippen molar-refractivity contribution in [3.05, 3.63) is 41.7 Å². The molecule has 2 amide bonds. The first-order valence-corrected chi connectivity index (χ1v) is 8.97. The Morgan fingerprint density at radius 3 is 3.00 bits per heavy atom. The molecule has 28 heavy (non-hydrogen) atoms. The standard InChI is InChI=1S/C20H20N4O4/c1-12-17(18(25)24-11-20(24)6-8-23-19(20)26)15-9-14(4-5-16(15)28-12)27-10-13(22)3-2-7-21/h2-5,7,9,21-22H,6,8,10-11H2,1H3,(H,23,26)/b3-2-,21-7?,22-13?. The Kier molecular flexibility index (Phi) is 4.26. The number of nitrogens with one attached hydrogen (secondary N) is 3. The molecule has 2 saturated heterocycles. The lowest BCUT2D eigenvalue weighted by atomic mass is 10.1. The van der Waals surface area contributed by atoms with Gasteiger partial charge in [-0.05, 0) is 43.7 Å². The molecule has 8 nitrogen and oxygen atoms in total. The molecule has 3 N–H and O–H groups in total. The predicted octanol–water partition coefficient (Wildman–Crippen LogP) is 2.06. The third-order valence-corrected chi connectivity index (χ3v) is 5.16. The van der Waals surface area contributed by atoms with Crippen molar-refractivity contribution < 1.29 is 18.7 Å². The van der Waals surface area contributed by atoms with Crippen LogP contribution in [-0.2, 0) is 4.79 Å². The third-order valence-electron chi connectivity index (χ3n) is 5.16. The molecule has 0 bridgehead atoms. The summed E-state index contributed by atoms with van der Waals surface area (Å²) < 4.78 is 11.3. The Morgan fingerprint density at radius 2 is 2.29 bits per heavy atom. The number of hydrogen-bond acceptors (Lipinski definition) is 6. The zero-order valence-electron chi connectivity index (χ0n) is 15.4. The van der Waals surface area contributed by atoms with Crippen molar-refractivity contribution in [2.75, 3.05) is 19.7 Å². The average Bonchev–Trinajstić information content (AvgIpc) is 3.17. The van der Waals surface area contributed by atoms with E-state index in [9.17, 15) is 9.59 Å². The van der Waals surface area contributed by atoms with Gasteiger partial charge in [-0.3, -0.25) is 9.59 Å². The fraction of sp³-hybridized carbons (Fsp3) is 0.300. The SMILES string of the molecule is Cc1oc2ccc(OCC(=N)/C=C\C=N)cc2c1C(=O)N1CC12CCNC2=O. The molecule has 4 rings (SSSR count). The molecule has 2 aliphatic heterocycles. The maximum absolute atomic E-state index is 13.1. The summed E-state index contributed by atoms with van der Waals surface area (Å²) in [5, 5.41) is 18.1. The van der Waals surface area contributed by atoms with E-state index >= 15 is 0 Å². The van der Waals surface area contributed by atoms with Crippen LogP contribution in [0.25, 0.3) is 11.0 Å². The van der Waals surface area contributed by atoms with Gasteiger partial charge in [-0.2, -0.15) is 0 Å². The Balaban J connectivity index is 1.58. The number of ether oxygens (including phenoxy) is 1. The lowest BCUT2D eigenvalue weighted by molar-refractivity contribution is -0.121. The van der Waals surface area contributed by atoms with Crippen molar-refractivity contribution in [2.24, 2.45) is 0 Å². The Morgan fingerprint density at radius 1 is 1.46 bits per heavy atom. The highest BCUT2D eigenvalue weighted by atomic mass is 16.5. The topological polar surface area (TPSA) is 119 Å². The first-order chi connectivity index (χ1) is 13.5. The normalized spacial score (nSPS) is 20.8. The van der Waals surface area contributed by atoms with Gasteiger partial charge in [-0.15, -0.1) is 0 Å². The molecule has 144 valence electrons. The van der Waals surface area contributed by atoms with Crippen molar-refractivity contribution in [3.63, 3.8) is 0 Å². The molecule has 1 unspecified atom stereocenters. The quantitative estimate of drug-likeness (QED) is 0.525. The Bertz CT molecular complexity index is 1040. The van der Waals surface area contributed by atoms with Crippen molar-refractivity contribution >= 4 is 34.7 Å². The van der Waals surface area contributed by atoms with Gasteiger partial charge in [0.25, 0.3) is 5.91 Å². The summed E-state index contributed by atoms with van der Waals surface area (Å²) in [6, 6.07) is 5.17. The first-order valence-electron chi connectivity index (χ1n) is 8.97. The molecule has 1 spiro atoms. The van der Waals surface area contributed by atoms with E-state index < -0.39 is 5.54 Å². The zero-order valence-corrected chi connectivity index (χ0v) is 15.4. The van der Waals surface area contributed by atoms with Crippen LogP contribution in [0.15, 0.2) is 34.8 Å². The minimum atomic E-state index is -0.697. The van der Waals surface area contributed by atoms with Crippen molar-refractivity contribution in [3.8, 4) is 5.75 Å². The number of aryl methyl sites for hydroxylation is 1. The van der Waals surface area contributed by atoms with E-state index in [2.05, 4.69) is 5.32 Å². The van der Waals surface area contributed by atoms with Crippen LogP contribution in [0.1, 0.15) is 22.5 Å². The second-order valence-electron chi connectivity index (χ2n) is 6.96. The van der Waals surface area contributed by atoms with Gasteiger partial charge in [0.2, 0.25) is 5.91 Å². The van der Waals surface area contributed by atoms with E-state index in [4.69, 9.17) is 20.0 Å². The maximum Gasteiger partial charge on any atom is 0.259 e. The third kappa shape index (κ3) is 2.87. The number of hydrogen-bond donors (Lipinski definition) is 3. The first kappa shape index (κ1) is 18.0. The van der Waals surface area contributed by atoms with Gasteiger partial charge in [-0.1, -0.05) is 0 Å². The molecule has 0 saturated carbocycles. The van der Waals surface area contributed by atoms with Crippen molar-refractivity contribution in [2.45, 2.75) is 18.9 Å². The summed E-state index contributed by atoms with van der Waals surface area (Å²) in [5.41, 5.74) is 0.536. The van der Waals surface area contributed by atoms with Gasteiger partial charge in [0.15, 0.2) is 0 Å². The van der Waals surface area contributed by atoms with Crippen LogP contribution < -0.4 is 10.1 Å². The summed E-state index contributed by atoms with van der Waals surface area (Å²) in [6.07, 6.45) is 4.66. The average molecular weight is 380 g/mol. The fourth-order valence-electron chi connectivity index (χ4n) is 3.62. The van der Waals surface area contributed by atoms with Gasteiger partial charge in [0.1, 0.15) is 29.2 Å². The van der Waals surface area contributed by atoms with Crippen molar-refractivity contribution in [1.29, 1.82) is 10.8 Å². The predicted molar refractivity (Wildman–Crippen MR) is 103 cm³/mol. The van der Waals surface area contributed by atoms with Crippen LogP contribution in [-0.4, -0.2) is 53.9 Å². The lowest BCUT2D eigenvalue weighted by Crippen LogP contribution is -2.32. The largest absolute Gasteiger partial charge is 0.487 e. The van der Waals surface area contributed by atoms with Crippen LogP contribution >= 0.6 is 0 Å². The van der Waals surface area contributed by atoms with E-state index in [1.807, 2.05) is 0 Å². The molecule has 1 aromatic carbocycles. The number of rotatable bonds is 6. The molecule has 8 heteroatoms. The van der Waals surface area contributed by atoms with Crippen LogP contribution in [0.3, 0.4) is 0 Å². The number of nitrogens with zero attached hydrogens (tertiary/aromatic N) is 1. The lowest BCUT2D eigenvalue weighted by Gasteiger charge is -2.09. The second-order valence-corrected chi connectivity index (χ2v) is 6.96. The molecule has 0 radical (unpaired) electrons. The van der Waals surface area contributed by atoms with Gasteiger partial charge < -0.3 is 30.2 Å². The highest BCUT2D eigenvalue weighted by Crippen LogP contribution is 2.42. The summed E-state index contributed by atoms with van der Waals surface area (Å²) in [7, 11) is 0. The highest BCUT2D eigenvalue weighted by molar-refractivity contribution is 6.11. The van der Waals surface area contributed by atoms with E-state index in [-0.39, 0.29) is 24.1 Å². The molecule has 2 aliphatic rings. The van der Waals surface area contributed by atoms with Gasteiger partial charge in [0, 0.05) is 18.1 Å². The van der Waals surface area contributed by atoms with Crippen molar-refractivity contribution in [1.82, 2.24) is 10.2 Å². The minimum absolute atomic E-state index is 0.0470. The van der Waals surface area contributed by atoms with E-state index in [1.165, 1.54) is 12.2 Å². The van der Waals surface area contributed by atoms with Crippen LogP contribution in [0.2, 0.25) is 0 Å². The molecule has 2 fully saturated rings. The fourth-order valence-corrected chi connectivity index (χ4v) is 3.62. The number of fused-ring (bicyclic) bond motifs is 1. The second kappa shape index (κ2) is 6.63. The van der Waals surface area contributed by atoms with E-state index in [0.29, 0.717) is 47.6 Å². The summed E-state index contributed by atoms with van der Waals surface area (Å²) in [5.74, 6) is 0.702. The molecular formula is C20H20N4O4. The van der Waals surface area contributed by atoms with Gasteiger partial charge in [0.05, 0.1) is 17.8 Å².